The van der Waals surface area contributed by atoms with E-state index < -0.39 is 0 Å². The van der Waals surface area contributed by atoms with Gasteiger partial charge in [0.05, 0.1) is 38.9 Å². The van der Waals surface area contributed by atoms with Gasteiger partial charge in [-0.25, -0.2) is 0 Å². The molecule has 0 atom stereocenters. The molecule has 0 spiro atoms. The fourth-order valence-corrected chi connectivity index (χ4v) is 7.30. The van der Waals surface area contributed by atoms with Crippen LogP contribution in [0.4, 0.5) is 17.1 Å². The number of aromatic nitrogens is 2. The van der Waals surface area contributed by atoms with Gasteiger partial charge in [0.1, 0.15) is 12.1 Å². The number of hydrogen-bond acceptors (Lipinski definition) is 3. The second-order valence-corrected chi connectivity index (χ2v) is 12.0. The molecule has 0 N–H and O–H groups in total. The second-order valence-electron chi connectivity index (χ2n) is 12.0. The van der Waals surface area contributed by atoms with Crippen molar-refractivity contribution in [1.29, 1.82) is 10.5 Å². The first-order valence-corrected chi connectivity index (χ1v) is 16.2. The molecule has 0 aliphatic heterocycles. The van der Waals surface area contributed by atoms with Crippen molar-refractivity contribution in [3.05, 3.63) is 175 Å². The molecular weight excluding hydrogens is 599 g/mol. The Morgan fingerprint density at radius 3 is 1.33 bits per heavy atom. The molecule has 7 aromatic carbocycles. The highest BCUT2D eigenvalue weighted by Gasteiger charge is 2.22. The zero-order valence-corrected chi connectivity index (χ0v) is 26.3. The molecule has 5 heteroatoms. The van der Waals surface area contributed by atoms with E-state index in [4.69, 9.17) is 0 Å². The number of para-hydroxylation sites is 5. The molecule has 0 fully saturated rings. The van der Waals surface area contributed by atoms with Crippen LogP contribution in [0.25, 0.3) is 55.0 Å². The van der Waals surface area contributed by atoms with Gasteiger partial charge in [-0.2, -0.15) is 10.5 Å². The SMILES string of the molecule is N#Cc1cc(-n2c3ccccc3c3cc(N(c4ccccc4)c4ccccc4)ccc32)cc(C#N)c1-n1c2ccccc2c2ccccc21. The Morgan fingerprint density at radius 2 is 0.816 bits per heavy atom. The van der Waals surface area contributed by atoms with Crippen LogP contribution in [0.5, 0.6) is 0 Å². The number of anilines is 3. The molecule has 9 aromatic rings. The third kappa shape index (κ3) is 4.38. The van der Waals surface area contributed by atoms with Gasteiger partial charge in [-0.05, 0) is 72.8 Å². The largest absolute Gasteiger partial charge is 0.310 e. The van der Waals surface area contributed by atoms with E-state index in [0.717, 1.165) is 66.4 Å². The Balaban J connectivity index is 1.29. The Bertz CT molecular complexity index is 2670. The summed E-state index contributed by atoms with van der Waals surface area (Å²) in [6, 6.07) is 60.6. The molecule has 49 heavy (non-hydrogen) atoms. The summed E-state index contributed by atoms with van der Waals surface area (Å²) in [4.78, 5) is 2.26. The normalized spacial score (nSPS) is 11.2. The maximum atomic E-state index is 10.7. The van der Waals surface area contributed by atoms with Crippen LogP contribution in [0.1, 0.15) is 11.1 Å². The maximum absolute atomic E-state index is 10.7. The van der Waals surface area contributed by atoms with Crippen LogP contribution >= 0.6 is 0 Å². The molecule has 0 radical (unpaired) electrons. The van der Waals surface area contributed by atoms with Crippen molar-refractivity contribution in [2.75, 3.05) is 4.90 Å². The summed E-state index contributed by atoms with van der Waals surface area (Å²) in [6.07, 6.45) is 0. The summed E-state index contributed by atoms with van der Waals surface area (Å²) in [5.74, 6) is 0. The van der Waals surface area contributed by atoms with Crippen LogP contribution in [-0.2, 0) is 0 Å². The van der Waals surface area contributed by atoms with Gasteiger partial charge in [-0.1, -0.05) is 91.0 Å². The molecule has 0 saturated carbocycles. The molecule has 0 aliphatic rings. The Labute approximate surface area is 282 Å². The Kier molecular flexibility index (Phi) is 6.50. The summed E-state index contributed by atoms with van der Waals surface area (Å²) < 4.78 is 4.23. The first-order chi connectivity index (χ1) is 24.2. The third-order valence-electron chi connectivity index (χ3n) is 9.34. The maximum Gasteiger partial charge on any atom is 0.101 e. The summed E-state index contributed by atoms with van der Waals surface area (Å²) >= 11 is 0. The summed E-state index contributed by atoms with van der Waals surface area (Å²) in [6.45, 7) is 0. The molecule has 9 rings (SSSR count). The number of hydrogen-bond donors (Lipinski definition) is 0. The van der Waals surface area contributed by atoms with E-state index in [0.29, 0.717) is 16.8 Å². The van der Waals surface area contributed by atoms with Crippen LogP contribution in [-0.4, -0.2) is 9.13 Å². The van der Waals surface area contributed by atoms with Gasteiger partial charge in [-0.3, -0.25) is 0 Å². The summed E-state index contributed by atoms with van der Waals surface area (Å²) in [5, 5.41) is 25.6. The lowest BCUT2D eigenvalue weighted by atomic mass is 10.1. The van der Waals surface area contributed by atoms with Crippen LogP contribution in [0.3, 0.4) is 0 Å². The predicted molar refractivity (Wildman–Crippen MR) is 199 cm³/mol. The quantitative estimate of drug-likeness (QED) is 0.191. The summed E-state index contributed by atoms with van der Waals surface area (Å²) in [7, 11) is 0. The first-order valence-electron chi connectivity index (χ1n) is 16.2. The van der Waals surface area contributed by atoms with Crippen molar-refractivity contribution >= 4 is 60.7 Å². The van der Waals surface area contributed by atoms with Gasteiger partial charge in [0.15, 0.2) is 0 Å². The Hall–Kier alpha value is -7.08. The van der Waals surface area contributed by atoms with Crippen molar-refractivity contribution in [1.82, 2.24) is 9.13 Å². The van der Waals surface area contributed by atoms with Gasteiger partial charge >= 0.3 is 0 Å². The van der Waals surface area contributed by atoms with Gasteiger partial charge in [-0.15, -0.1) is 0 Å². The molecule has 0 saturated heterocycles. The topological polar surface area (TPSA) is 60.7 Å². The number of rotatable bonds is 5. The van der Waals surface area contributed by atoms with Crippen molar-refractivity contribution < 1.29 is 0 Å². The van der Waals surface area contributed by atoms with Gasteiger partial charge in [0, 0.05) is 44.3 Å². The van der Waals surface area contributed by atoms with Crippen molar-refractivity contribution in [2.24, 2.45) is 0 Å². The van der Waals surface area contributed by atoms with Gasteiger partial charge < -0.3 is 14.0 Å². The lowest BCUT2D eigenvalue weighted by Gasteiger charge is -2.25. The number of fused-ring (bicyclic) bond motifs is 6. The fraction of sp³-hybridized carbons (Fsp3) is 0. The van der Waals surface area contributed by atoms with Crippen molar-refractivity contribution in [3.63, 3.8) is 0 Å². The molecule has 0 bridgehead atoms. The zero-order valence-electron chi connectivity index (χ0n) is 26.3. The average Bonchev–Trinajstić information content (AvgIpc) is 3.68. The van der Waals surface area contributed by atoms with E-state index >= 15 is 0 Å². The van der Waals surface area contributed by atoms with E-state index in [1.54, 1.807) is 0 Å². The average molecular weight is 626 g/mol. The second kappa shape index (κ2) is 11.3. The molecule has 0 unspecified atom stereocenters. The molecule has 0 aliphatic carbocycles. The molecular formula is C44H27N5. The molecule has 2 heterocycles. The minimum absolute atomic E-state index is 0.433. The van der Waals surface area contributed by atoms with Crippen LogP contribution < -0.4 is 4.90 Å². The van der Waals surface area contributed by atoms with Gasteiger partial charge in [0.25, 0.3) is 0 Å². The standard InChI is InChI=1S/C44H27N5/c45-28-30-25-35(26-31(29-46)44(30)49-41-21-11-7-17-36(41)37-18-8-12-22-42(37)49)48-40-20-10-9-19-38(40)39-27-34(23-24-43(39)48)47(32-13-3-1-4-14-32)33-15-5-2-6-16-33/h1-27H. The van der Waals surface area contributed by atoms with Gasteiger partial charge in [0.2, 0.25) is 0 Å². The minimum Gasteiger partial charge on any atom is -0.310 e. The van der Waals surface area contributed by atoms with E-state index in [1.807, 2.05) is 66.7 Å². The highest BCUT2D eigenvalue weighted by atomic mass is 15.1. The Morgan fingerprint density at radius 1 is 0.388 bits per heavy atom. The van der Waals surface area contributed by atoms with E-state index in [1.165, 1.54) is 0 Å². The zero-order chi connectivity index (χ0) is 32.9. The number of nitriles is 2. The first kappa shape index (κ1) is 28.2. The van der Waals surface area contributed by atoms with Crippen LogP contribution in [0, 0.1) is 22.7 Å². The number of nitrogens with zero attached hydrogens (tertiary/aromatic N) is 5. The van der Waals surface area contributed by atoms with Crippen molar-refractivity contribution in [3.8, 4) is 23.5 Å². The molecule has 2 aromatic heterocycles. The lowest BCUT2D eigenvalue weighted by molar-refractivity contribution is 1.12. The molecule has 0 amide bonds. The van der Waals surface area contributed by atoms with Crippen LogP contribution in [0.15, 0.2) is 164 Å². The number of benzene rings is 7. The molecule has 228 valence electrons. The molecule has 5 nitrogen and oxygen atoms in total. The van der Waals surface area contributed by atoms with E-state index in [-0.39, 0.29) is 0 Å². The monoisotopic (exact) mass is 625 g/mol. The van der Waals surface area contributed by atoms with Crippen molar-refractivity contribution in [2.45, 2.75) is 0 Å². The highest BCUT2D eigenvalue weighted by Crippen LogP contribution is 2.41. The smallest absolute Gasteiger partial charge is 0.101 e. The predicted octanol–water partition coefficient (Wildman–Crippen LogP) is 11.1. The minimum atomic E-state index is 0.433. The third-order valence-corrected chi connectivity index (χ3v) is 9.34. The van der Waals surface area contributed by atoms with E-state index in [2.05, 4.69) is 123 Å². The highest BCUT2D eigenvalue weighted by molar-refractivity contribution is 6.11. The summed E-state index contributed by atoms with van der Waals surface area (Å²) in [5.41, 5.74) is 9.28. The fourth-order valence-electron chi connectivity index (χ4n) is 7.30. The van der Waals surface area contributed by atoms with E-state index in [9.17, 15) is 10.5 Å². The van der Waals surface area contributed by atoms with Crippen LogP contribution in [0.2, 0.25) is 0 Å². The lowest BCUT2D eigenvalue weighted by Crippen LogP contribution is -2.09.